The van der Waals surface area contributed by atoms with Crippen molar-refractivity contribution in [1.29, 1.82) is 0 Å². The van der Waals surface area contributed by atoms with E-state index in [1.54, 1.807) is 18.2 Å². The second-order valence-electron chi connectivity index (χ2n) is 12.9. The lowest BCUT2D eigenvalue weighted by molar-refractivity contribution is 0.0454. The molecule has 4 unspecified atom stereocenters. The third kappa shape index (κ3) is 5.58. The lowest BCUT2D eigenvalue weighted by atomic mass is 9.68. The minimum absolute atomic E-state index is 0.0592. The smallest absolute Gasteiger partial charge is 0.264 e. The molecule has 2 bridgehead atoms. The van der Waals surface area contributed by atoms with E-state index in [4.69, 9.17) is 16.3 Å². The van der Waals surface area contributed by atoms with Crippen molar-refractivity contribution >= 4 is 33.2 Å². The number of carbonyl (C=O) groups excluding carboxylic acids is 1. The number of aliphatic hydroxyl groups is 1. The van der Waals surface area contributed by atoms with E-state index < -0.39 is 27.3 Å². The quantitative estimate of drug-likeness (QED) is 0.405. The number of sulfonamides is 1. The van der Waals surface area contributed by atoms with Crippen LogP contribution < -0.4 is 14.4 Å². The number of ether oxygens (including phenoxy) is 1. The predicted molar refractivity (Wildman–Crippen MR) is 166 cm³/mol. The normalized spacial score (nSPS) is 33.3. The van der Waals surface area contributed by atoms with E-state index in [0.29, 0.717) is 38.3 Å². The van der Waals surface area contributed by atoms with Gasteiger partial charge in [-0.15, -0.1) is 0 Å². The van der Waals surface area contributed by atoms with Crippen LogP contribution in [0.5, 0.6) is 5.75 Å². The molecule has 2 N–H and O–H groups in total. The highest BCUT2D eigenvalue weighted by atomic mass is 35.5. The van der Waals surface area contributed by atoms with Crippen molar-refractivity contribution in [3.8, 4) is 5.75 Å². The molecule has 2 heterocycles. The molecule has 0 saturated heterocycles. The number of hydrogen-bond acceptors (Lipinski definition) is 6. The Morgan fingerprint density at radius 2 is 2.00 bits per heavy atom. The van der Waals surface area contributed by atoms with E-state index in [1.807, 2.05) is 32.1 Å². The number of nitrogens with one attached hydrogen (secondary N) is 1. The standard InChI is InChI=1S/C33H41ClN2O5S/c1-3-26-15-21(2)6-12-30(37)27-10-7-24(27)18-36-19-33(14-4-5-22-16-25(34)9-11-28(22)33)20-41-31-13-8-23(17-29(31)36)32(38)35-42(26,39)40/h6,8-9,11-13,16-17,21,24,26-27,30,37H,3-5,7,10,14-15,18-20H2,1-2H3,(H,35,38)/b12-6+/t21-,24?,26+,27?,30?,33?/m0/s1. The Balaban J connectivity index is 1.42. The molecule has 1 spiro atoms. The Morgan fingerprint density at radius 3 is 2.76 bits per heavy atom. The average Bonchev–Trinajstić information content (AvgIpc) is 3.09. The lowest BCUT2D eigenvalue weighted by Crippen LogP contribution is -2.49. The van der Waals surface area contributed by atoms with Gasteiger partial charge in [-0.2, -0.15) is 0 Å². The molecule has 0 radical (unpaired) electrons. The summed E-state index contributed by atoms with van der Waals surface area (Å²) in [5, 5.41) is 11.2. The molecule has 2 aromatic rings. The van der Waals surface area contributed by atoms with Gasteiger partial charge in [-0.25, -0.2) is 13.1 Å². The van der Waals surface area contributed by atoms with Crippen molar-refractivity contribution in [3.63, 3.8) is 0 Å². The molecular formula is C33H41ClN2O5S. The number of carbonyl (C=O) groups is 1. The summed E-state index contributed by atoms with van der Waals surface area (Å²) < 4.78 is 35.5. The molecule has 1 amide bonds. The van der Waals surface area contributed by atoms with Crippen LogP contribution in [0.1, 0.15) is 73.9 Å². The van der Waals surface area contributed by atoms with E-state index in [-0.39, 0.29) is 28.7 Å². The highest BCUT2D eigenvalue weighted by Crippen LogP contribution is 2.46. The van der Waals surface area contributed by atoms with Gasteiger partial charge >= 0.3 is 0 Å². The number of rotatable bonds is 1. The van der Waals surface area contributed by atoms with Gasteiger partial charge < -0.3 is 14.7 Å². The van der Waals surface area contributed by atoms with Crippen LogP contribution >= 0.6 is 11.6 Å². The van der Waals surface area contributed by atoms with E-state index in [0.717, 1.165) is 42.8 Å². The van der Waals surface area contributed by atoms with Gasteiger partial charge in [-0.1, -0.05) is 43.7 Å². The SMILES string of the molecule is CC[C@@H]1C[C@@H](C)/C=C/C(O)C2CCC2CN2CC3(CCCc4cc(Cl)ccc43)COc3ccc(cc32)C(=O)NS1(=O)=O. The zero-order valence-electron chi connectivity index (χ0n) is 24.4. The van der Waals surface area contributed by atoms with Crippen LogP contribution in [-0.4, -0.2) is 50.5 Å². The Hall–Kier alpha value is -2.55. The van der Waals surface area contributed by atoms with Gasteiger partial charge in [0, 0.05) is 29.1 Å². The van der Waals surface area contributed by atoms with Crippen molar-refractivity contribution in [1.82, 2.24) is 4.72 Å². The van der Waals surface area contributed by atoms with Gasteiger partial charge in [0.2, 0.25) is 10.0 Å². The minimum Gasteiger partial charge on any atom is -0.490 e. The number of amides is 1. The fourth-order valence-corrected chi connectivity index (χ4v) is 9.27. The molecule has 2 aliphatic carbocycles. The molecule has 7 nitrogen and oxygen atoms in total. The summed E-state index contributed by atoms with van der Waals surface area (Å²) in [6.07, 6.45) is 8.89. The monoisotopic (exact) mass is 612 g/mol. The molecule has 4 aliphatic rings. The minimum atomic E-state index is -3.91. The topological polar surface area (TPSA) is 95.9 Å². The third-order valence-electron chi connectivity index (χ3n) is 10.1. The molecule has 0 aromatic heterocycles. The maximum Gasteiger partial charge on any atom is 0.264 e. The highest BCUT2D eigenvalue weighted by Gasteiger charge is 2.44. The molecule has 2 aromatic carbocycles. The molecule has 1 saturated carbocycles. The summed E-state index contributed by atoms with van der Waals surface area (Å²) in [4.78, 5) is 15.7. The molecule has 6 atom stereocenters. The van der Waals surface area contributed by atoms with E-state index in [9.17, 15) is 18.3 Å². The first-order valence-corrected chi connectivity index (χ1v) is 17.2. The molecule has 9 heteroatoms. The molecular weight excluding hydrogens is 572 g/mol. The van der Waals surface area contributed by atoms with Crippen LogP contribution in [0.15, 0.2) is 48.6 Å². The number of fused-ring (bicyclic) bond motifs is 4. The van der Waals surface area contributed by atoms with Crippen molar-refractivity contribution in [2.45, 2.75) is 75.6 Å². The number of anilines is 1. The second kappa shape index (κ2) is 11.5. The van der Waals surface area contributed by atoms with Gasteiger partial charge in [-0.3, -0.25) is 4.79 Å². The van der Waals surface area contributed by atoms with E-state index in [1.165, 1.54) is 11.1 Å². The van der Waals surface area contributed by atoms with Gasteiger partial charge in [-0.05, 0) is 104 Å². The van der Waals surface area contributed by atoms with Crippen LogP contribution in [0.25, 0.3) is 0 Å². The summed E-state index contributed by atoms with van der Waals surface area (Å²) in [7, 11) is -3.91. The Labute approximate surface area is 254 Å². The summed E-state index contributed by atoms with van der Waals surface area (Å²) in [5.41, 5.74) is 3.34. The Bertz CT molecular complexity index is 1490. The summed E-state index contributed by atoms with van der Waals surface area (Å²) in [6, 6.07) is 11.4. The fourth-order valence-electron chi connectivity index (χ4n) is 7.53. The number of allylic oxidation sites excluding steroid dienone is 1. The molecule has 2 aliphatic heterocycles. The maximum atomic E-state index is 13.4. The van der Waals surface area contributed by atoms with Crippen LogP contribution in [0.4, 0.5) is 5.69 Å². The number of nitrogens with zero attached hydrogens (tertiary/aromatic N) is 1. The van der Waals surface area contributed by atoms with E-state index >= 15 is 0 Å². The first kappa shape index (κ1) is 29.5. The first-order valence-electron chi connectivity index (χ1n) is 15.3. The number of benzene rings is 2. The summed E-state index contributed by atoms with van der Waals surface area (Å²) >= 11 is 6.39. The van der Waals surface area contributed by atoms with Crippen molar-refractivity contribution in [2.75, 3.05) is 24.6 Å². The zero-order chi connectivity index (χ0) is 29.6. The van der Waals surface area contributed by atoms with Crippen LogP contribution in [0.3, 0.4) is 0 Å². The van der Waals surface area contributed by atoms with Crippen LogP contribution in [0, 0.1) is 17.8 Å². The average molecular weight is 613 g/mol. The van der Waals surface area contributed by atoms with E-state index in [2.05, 4.69) is 21.8 Å². The number of hydrogen-bond donors (Lipinski definition) is 2. The molecule has 226 valence electrons. The highest BCUT2D eigenvalue weighted by molar-refractivity contribution is 7.90. The Morgan fingerprint density at radius 1 is 1.17 bits per heavy atom. The number of halogens is 1. The van der Waals surface area contributed by atoms with Crippen molar-refractivity contribution in [2.24, 2.45) is 17.8 Å². The molecule has 6 rings (SSSR count). The largest absolute Gasteiger partial charge is 0.490 e. The third-order valence-corrected chi connectivity index (χ3v) is 12.2. The van der Waals surface area contributed by atoms with Gasteiger partial charge in [0.15, 0.2) is 0 Å². The van der Waals surface area contributed by atoms with Crippen molar-refractivity contribution < 1.29 is 23.1 Å². The van der Waals surface area contributed by atoms with Crippen LogP contribution in [-0.2, 0) is 21.9 Å². The number of aliphatic hydroxyl groups excluding tert-OH is 1. The Kier molecular flexibility index (Phi) is 8.09. The first-order chi connectivity index (χ1) is 20.1. The zero-order valence-corrected chi connectivity index (χ0v) is 26.0. The number of aryl methyl sites for hydroxylation is 1. The summed E-state index contributed by atoms with van der Waals surface area (Å²) in [6.45, 7) is 5.69. The molecule has 1 fully saturated rings. The van der Waals surface area contributed by atoms with Gasteiger partial charge in [0.05, 0.1) is 23.6 Å². The maximum absolute atomic E-state index is 13.4. The van der Waals surface area contributed by atoms with Gasteiger partial charge in [0.1, 0.15) is 5.75 Å². The van der Waals surface area contributed by atoms with Crippen LogP contribution in [0.2, 0.25) is 5.02 Å². The van der Waals surface area contributed by atoms with Crippen molar-refractivity contribution in [3.05, 3.63) is 70.3 Å². The van der Waals surface area contributed by atoms with Gasteiger partial charge in [0.25, 0.3) is 5.91 Å². The lowest BCUT2D eigenvalue weighted by Gasteiger charge is -2.45. The second-order valence-corrected chi connectivity index (χ2v) is 15.3. The fraction of sp³-hybridized carbons (Fsp3) is 0.545. The summed E-state index contributed by atoms with van der Waals surface area (Å²) in [5.74, 6) is 0.408. The predicted octanol–water partition coefficient (Wildman–Crippen LogP) is 5.63. The molecule has 42 heavy (non-hydrogen) atoms.